The molecule has 7 N–H and O–H groups in total. The second-order valence-corrected chi connectivity index (χ2v) is 11.1. The van der Waals surface area contributed by atoms with Crippen LogP contribution in [0.25, 0.3) is 0 Å². The van der Waals surface area contributed by atoms with Crippen molar-refractivity contribution in [3.63, 3.8) is 0 Å². The maximum atomic E-state index is 10.6. The Morgan fingerprint density at radius 3 is 0.588 bits per heavy atom. The quantitative estimate of drug-likeness (QED) is 0.0512. The third-order valence-electron chi connectivity index (χ3n) is 3.89. The van der Waals surface area contributed by atoms with E-state index in [4.69, 9.17) is 35.7 Å². The largest absolute Gasteiger partial charge is 0.481 e. The smallest absolute Gasteiger partial charge is 0.334 e. The minimum atomic E-state index is -0.757. The summed E-state index contributed by atoms with van der Waals surface area (Å²) in [4.78, 5) is 61.5. The van der Waals surface area contributed by atoms with Gasteiger partial charge in [0.2, 0.25) is 0 Å². The summed E-state index contributed by atoms with van der Waals surface area (Å²) in [5.74, 6) is -1.74. The van der Waals surface area contributed by atoms with Gasteiger partial charge in [0.15, 0.2) is 20.4 Å². The molecule has 0 saturated carbocycles. The highest BCUT2D eigenvalue weighted by Gasteiger charge is 2.21. The van der Waals surface area contributed by atoms with Gasteiger partial charge in [-0.15, -0.1) is 0 Å². The highest BCUT2D eigenvalue weighted by Crippen LogP contribution is 2.13. The predicted octanol–water partition coefficient (Wildman–Crippen LogP) is 14.7. The van der Waals surface area contributed by atoms with Crippen LogP contribution in [0, 0.1) is 10.8 Å². The first-order valence-corrected chi connectivity index (χ1v) is 25.7. The second kappa shape index (κ2) is 246. The molecule has 0 radical (unpaired) electrons. The Morgan fingerprint density at radius 1 is 0.353 bits per heavy atom. The third-order valence-corrected chi connectivity index (χ3v) is 3.89. The van der Waals surface area contributed by atoms with Crippen molar-refractivity contribution >= 4 is 35.6 Å². The van der Waals surface area contributed by atoms with Gasteiger partial charge >= 0.3 is 29.8 Å². The second-order valence-electron chi connectivity index (χ2n) is 11.1. The Hall–Kier alpha value is -3.46. The van der Waals surface area contributed by atoms with Gasteiger partial charge in [0.05, 0.1) is 17.9 Å². The minimum absolute atomic E-state index is 0. The molecule has 0 saturated heterocycles. The Kier molecular flexibility index (Phi) is 533. The molecule has 0 spiro atoms. The van der Waals surface area contributed by atoms with Gasteiger partial charge in [-0.05, 0) is 55.4 Å². The highest BCUT2D eigenvalue weighted by molar-refractivity contribution is 5.75. The average molecular weight is 1280 g/mol. The summed E-state index contributed by atoms with van der Waals surface area (Å²) >= 11 is 0. The third kappa shape index (κ3) is 442. The van der Waals surface area contributed by atoms with Crippen LogP contribution in [0.3, 0.4) is 0 Å². The first-order valence-electron chi connectivity index (χ1n) is 25.7. The number of carbonyl (C=O) groups is 6. The van der Waals surface area contributed by atoms with E-state index in [0.717, 1.165) is 28.4 Å². The van der Waals surface area contributed by atoms with E-state index >= 15 is 0 Å². The number of aliphatic hydroxyl groups excluding tert-OH is 6. The summed E-state index contributed by atoms with van der Waals surface area (Å²) in [5, 5.41) is 51.5. The van der Waals surface area contributed by atoms with Crippen molar-refractivity contribution in [1.29, 1.82) is 0 Å². The summed E-state index contributed by atoms with van der Waals surface area (Å²) in [5.41, 5.74) is -0.936. The van der Waals surface area contributed by atoms with Crippen LogP contribution in [0.2, 0.25) is 0 Å². The van der Waals surface area contributed by atoms with E-state index in [2.05, 4.69) is 47.4 Å². The number of hydrogen-bond acceptors (Lipinski definition) is 22. The van der Waals surface area contributed by atoms with Gasteiger partial charge in [-0.2, -0.15) is 0 Å². The van der Waals surface area contributed by atoms with E-state index in [9.17, 15) is 28.8 Å². The molecule has 0 heterocycles. The average Bonchev–Trinajstić information content (AvgIpc) is 3.48. The van der Waals surface area contributed by atoms with E-state index in [1.807, 2.05) is 138 Å². The molecule has 0 fully saturated rings. The fourth-order valence-electron chi connectivity index (χ4n) is 1.10. The van der Waals surface area contributed by atoms with E-state index in [0.29, 0.717) is 12.8 Å². The van der Waals surface area contributed by atoms with E-state index in [1.54, 1.807) is 41.5 Å². The SMILES string of the molecule is C.C.C.C.C.C.C.C.CC.CC.CC.CC.CC.CC.CC.CC.CC(C)(C)C(=O)O.CCC(=O)OCOC.CCC(C)=O.CCO.CO.CO.CO.CO.COC(=O)C(C)(C)C.COCO.COCOC(=O)COC.COCOC(=O)COC. The zero-order chi connectivity index (χ0) is 67.9. The normalized spacial score (nSPS) is 6.58. The van der Waals surface area contributed by atoms with Gasteiger partial charge in [-0.1, -0.05) is 184 Å². The molecule has 0 aliphatic rings. The number of rotatable bonds is 13. The van der Waals surface area contributed by atoms with Crippen LogP contribution in [0.1, 0.15) is 252 Å². The van der Waals surface area contributed by atoms with E-state index in [-0.39, 0.29) is 130 Å². The number of methoxy groups -OCH3 is 7. The molecule has 0 aromatic carbocycles. The number of ether oxygens (including phenoxy) is 10. The van der Waals surface area contributed by atoms with Gasteiger partial charge in [-0.25, -0.2) is 9.59 Å². The molecule has 0 amide bonds. The number of carbonyl (C=O) groups excluding carboxylic acids is 5. The number of aliphatic hydroxyl groups is 6. The molecule has 23 heteroatoms. The van der Waals surface area contributed by atoms with Crippen LogP contribution < -0.4 is 0 Å². The van der Waals surface area contributed by atoms with Crippen LogP contribution in [0.15, 0.2) is 0 Å². The number of esters is 4. The molecule has 554 valence electrons. The minimum Gasteiger partial charge on any atom is -0.481 e. The Labute approximate surface area is 534 Å². The number of Topliss-reactive ketones (excluding diaryl/α,β-unsaturated/α-hetero) is 1. The highest BCUT2D eigenvalue weighted by atomic mass is 16.7. The summed E-state index contributed by atoms with van der Waals surface area (Å²) in [6.07, 6.45) is 1.07. The fraction of sp³-hybridized carbons (Fsp3) is 0.903. The summed E-state index contributed by atoms with van der Waals surface area (Å²) in [7, 11) is 14.0. The predicted molar refractivity (Wildman–Crippen MR) is 372 cm³/mol. The lowest BCUT2D eigenvalue weighted by Gasteiger charge is -2.13. The molecule has 0 unspecified atom stereocenters. The molecule has 0 bridgehead atoms. The summed E-state index contributed by atoms with van der Waals surface area (Å²) < 4.78 is 44.3. The van der Waals surface area contributed by atoms with Crippen molar-refractivity contribution < 1.29 is 112 Å². The van der Waals surface area contributed by atoms with E-state index < -0.39 is 23.3 Å². The molecule has 0 rings (SSSR count). The number of ketones is 1. The summed E-state index contributed by atoms with van der Waals surface area (Å²) in [6, 6.07) is 0. The zero-order valence-electron chi connectivity index (χ0n) is 57.0. The van der Waals surface area contributed by atoms with Crippen molar-refractivity contribution in [3.05, 3.63) is 0 Å². The lowest BCUT2D eigenvalue weighted by molar-refractivity contribution is -0.159. The zero-order valence-corrected chi connectivity index (χ0v) is 57.0. The molecule has 0 aliphatic heterocycles. The van der Waals surface area contributed by atoms with Crippen LogP contribution >= 0.6 is 0 Å². The molecular weight excluding hydrogens is 1110 g/mol. The van der Waals surface area contributed by atoms with Crippen molar-refractivity contribution in [3.8, 4) is 0 Å². The standard InChI is InChI=1S/C6H12O2.2C5H10O4.C5H10O3.C5H10O2.C4H8O.C2H6O2.C2H6O.8C2H6.4CH4O.8CH4/c1-6(2,3)5(7)8-4;2*1-7-3-5(6)9-4-8-2;1-3-5(6)8-4-7-2;1-5(2,3)4(6)7;1-3-4(2)5;1-4-2-3;1-2-3;12*1-2;;;;;;;;/h1-4H3;2*3-4H2,1-2H3;3-4H2,1-2H3;1-3H3,(H,6,7);3H2,1-2H3;3H,2H2,1H3;3H,2H2,1H3;8*1-2H3;4*2H,1H3;8*1H4. The van der Waals surface area contributed by atoms with Gasteiger partial charge in [0.1, 0.15) is 25.8 Å². The molecule has 0 aromatic heterocycles. The van der Waals surface area contributed by atoms with Gasteiger partial charge in [0, 0.05) is 90.5 Å². The van der Waals surface area contributed by atoms with Crippen LogP contribution in [-0.2, 0) is 76.1 Å². The van der Waals surface area contributed by atoms with Crippen molar-refractivity contribution in [2.24, 2.45) is 10.8 Å². The van der Waals surface area contributed by atoms with Crippen LogP contribution in [0.4, 0.5) is 0 Å². The van der Waals surface area contributed by atoms with Crippen molar-refractivity contribution in [2.45, 2.75) is 252 Å². The number of aliphatic carboxylic acids is 1. The maximum absolute atomic E-state index is 10.6. The monoisotopic (exact) mass is 1280 g/mol. The molecule has 0 aromatic rings. The van der Waals surface area contributed by atoms with Gasteiger partial charge in [0.25, 0.3) is 0 Å². The molecule has 0 aliphatic carbocycles. The molecule has 85 heavy (non-hydrogen) atoms. The molecular formula is C62H168O23. The van der Waals surface area contributed by atoms with Gasteiger partial charge in [-0.3, -0.25) is 14.4 Å². The lowest BCUT2D eigenvalue weighted by atomic mass is 9.98. The number of hydrogen-bond donors (Lipinski definition) is 7. The Balaban J connectivity index is -0.0000000159. The lowest BCUT2D eigenvalue weighted by Crippen LogP contribution is -2.21. The van der Waals surface area contributed by atoms with Crippen LogP contribution in [0.5, 0.6) is 0 Å². The topological polar surface area (TPSA) is 336 Å². The maximum Gasteiger partial charge on any atom is 0.334 e. The van der Waals surface area contributed by atoms with Crippen LogP contribution in [-0.4, -0.2) is 197 Å². The summed E-state index contributed by atoms with van der Waals surface area (Å²) in [6.45, 7) is 49.3. The van der Waals surface area contributed by atoms with Gasteiger partial charge < -0.3 is 87.9 Å². The first kappa shape index (κ1) is 185. The first-order chi connectivity index (χ1) is 36.4. The number of carboxylic acids is 1. The fourth-order valence-corrected chi connectivity index (χ4v) is 1.10. The van der Waals surface area contributed by atoms with E-state index in [1.165, 1.54) is 49.8 Å². The Bertz CT molecular complexity index is 817. The Morgan fingerprint density at radius 2 is 0.518 bits per heavy atom. The molecule has 23 nitrogen and oxygen atoms in total. The number of carboxylic acid groups (broad SMARTS) is 1. The van der Waals surface area contributed by atoms with Crippen molar-refractivity contribution in [2.75, 3.05) is 125 Å². The van der Waals surface area contributed by atoms with Crippen molar-refractivity contribution in [1.82, 2.24) is 0 Å². The molecule has 0 atom stereocenters.